The number of hydrogen-bond acceptors (Lipinski definition) is 3. The summed E-state index contributed by atoms with van der Waals surface area (Å²) in [6.45, 7) is 1.75. The van der Waals surface area contributed by atoms with Crippen LogP contribution in [-0.4, -0.2) is 25.0 Å². The molecule has 0 aromatic heterocycles. The summed E-state index contributed by atoms with van der Waals surface area (Å²) >= 11 is 0. The number of hydrogen-bond donors (Lipinski definition) is 2. The zero-order valence-corrected chi connectivity index (χ0v) is 10.7. The zero-order valence-electron chi connectivity index (χ0n) is 10.7. The monoisotopic (exact) mass is 263 g/mol. The van der Waals surface area contributed by atoms with Crippen molar-refractivity contribution in [1.29, 1.82) is 0 Å². The molecule has 4 nitrogen and oxygen atoms in total. The molecular formula is C14H18FN3O. The quantitative estimate of drug-likeness (QED) is 0.837. The molecule has 0 radical (unpaired) electrons. The predicted octanol–water partition coefficient (Wildman–Crippen LogP) is 0.999. The molecule has 2 heterocycles. The fourth-order valence-corrected chi connectivity index (χ4v) is 3.16. The van der Waals surface area contributed by atoms with E-state index in [2.05, 4.69) is 5.32 Å². The minimum Gasteiger partial charge on any atom is -0.364 e. The predicted molar refractivity (Wildman–Crippen MR) is 71.2 cm³/mol. The average molecular weight is 263 g/mol. The Morgan fingerprint density at radius 1 is 1.47 bits per heavy atom. The lowest BCUT2D eigenvalue weighted by Crippen LogP contribution is -2.46. The minimum absolute atomic E-state index is 0.00216. The Morgan fingerprint density at radius 3 is 3.05 bits per heavy atom. The summed E-state index contributed by atoms with van der Waals surface area (Å²) in [6, 6.07) is 5.21. The molecule has 2 unspecified atom stereocenters. The van der Waals surface area contributed by atoms with Crippen LogP contribution in [-0.2, 0) is 11.3 Å². The average Bonchev–Trinajstić information content (AvgIpc) is 2.81. The van der Waals surface area contributed by atoms with E-state index in [1.165, 1.54) is 6.07 Å². The van der Waals surface area contributed by atoms with Crippen molar-refractivity contribution in [2.75, 3.05) is 18.0 Å². The highest BCUT2D eigenvalue weighted by Crippen LogP contribution is 2.33. The highest BCUT2D eigenvalue weighted by atomic mass is 19.1. The number of halogens is 1. The molecule has 1 amide bonds. The number of fused-ring (bicyclic) bond motifs is 1. The van der Waals surface area contributed by atoms with Crippen LogP contribution >= 0.6 is 0 Å². The van der Waals surface area contributed by atoms with E-state index in [4.69, 9.17) is 5.73 Å². The summed E-state index contributed by atoms with van der Waals surface area (Å²) in [4.78, 5) is 13.8. The van der Waals surface area contributed by atoms with E-state index in [0.29, 0.717) is 18.8 Å². The third-order valence-electron chi connectivity index (χ3n) is 4.16. The number of nitrogens with two attached hydrogens (primary N) is 1. The van der Waals surface area contributed by atoms with E-state index in [0.717, 1.165) is 24.9 Å². The molecule has 2 aliphatic rings. The summed E-state index contributed by atoms with van der Waals surface area (Å²) < 4.78 is 14.2. The molecule has 5 heteroatoms. The fraction of sp³-hybridized carbons (Fsp3) is 0.500. The Morgan fingerprint density at radius 2 is 2.32 bits per heavy atom. The lowest BCUT2D eigenvalue weighted by Gasteiger charge is -2.37. The van der Waals surface area contributed by atoms with Crippen molar-refractivity contribution in [2.24, 2.45) is 11.7 Å². The smallest absolute Gasteiger partial charge is 0.225 e. The van der Waals surface area contributed by atoms with Crippen molar-refractivity contribution in [3.8, 4) is 0 Å². The van der Waals surface area contributed by atoms with Crippen molar-refractivity contribution in [3.05, 3.63) is 29.6 Å². The lowest BCUT2D eigenvalue weighted by atomic mass is 9.91. The Kier molecular flexibility index (Phi) is 3.14. The molecule has 2 fully saturated rings. The first kappa shape index (κ1) is 12.4. The summed E-state index contributed by atoms with van der Waals surface area (Å²) in [6.07, 6.45) is 1.82. The van der Waals surface area contributed by atoms with Crippen LogP contribution in [0, 0.1) is 11.7 Å². The molecule has 2 atom stereocenters. The van der Waals surface area contributed by atoms with Crippen LogP contribution in [0.25, 0.3) is 0 Å². The summed E-state index contributed by atoms with van der Waals surface area (Å²) in [7, 11) is 0. The van der Waals surface area contributed by atoms with Gasteiger partial charge in [-0.15, -0.1) is 0 Å². The maximum Gasteiger partial charge on any atom is 0.225 e. The van der Waals surface area contributed by atoms with Gasteiger partial charge in [-0.1, -0.05) is 6.07 Å². The van der Waals surface area contributed by atoms with Crippen LogP contribution < -0.4 is 16.0 Å². The third-order valence-corrected chi connectivity index (χ3v) is 4.16. The molecule has 1 aromatic rings. The Bertz CT molecular complexity index is 505. The standard InChI is InChI=1S/C14H18FN3O/c15-11-6-9(7-16)3-4-12(11)18-5-1-2-10-13(18)8-17-14(10)19/h3-4,6,10,13H,1-2,5,7-8,16H2,(H,17,19). The summed E-state index contributed by atoms with van der Waals surface area (Å²) in [5.74, 6) is -0.140. The van der Waals surface area contributed by atoms with Crippen LogP contribution in [0.2, 0.25) is 0 Å². The molecule has 2 saturated heterocycles. The number of anilines is 1. The SMILES string of the molecule is NCc1ccc(N2CCCC3C(=O)NCC32)c(F)c1. The topological polar surface area (TPSA) is 58.4 Å². The molecule has 3 rings (SSSR count). The van der Waals surface area contributed by atoms with Crippen LogP contribution in [0.4, 0.5) is 10.1 Å². The van der Waals surface area contributed by atoms with Crippen molar-refractivity contribution in [2.45, 2.75) is 25.4 Å². The number of rotatable bonds is 2. The number of carbonyl (C=O) groups excluding carboxylic acids is 1. The Hall–Kier alpha value is -1.62. The molecule has 3 N–H and O–H groups in total. The van der Waals surface area contributed by atoms with Gasteiger partial charge in [-0.05, 0) is 30.5 Å². The van der Waals surface area contributed by atoms with Crippen molar-refractivity contribution in [1.82, 2.24) is 5.32 Å². The largest absolute Gasteiger partial charge is 0.364 e. The van der Waals surface area contributed by atoms with Gasteiger partial charge >= 0.3 is 0 Å². The van der Waals surface area contributed by atoms with Gasteiger partial charge in [-0.25, -0.2) is 4.39 Å². The van der Waals surface area contributed by atoms with E-state index >= 15 is 0 Å². The third kappa shape index (κ3) is 2.08. The number of carbonyl (C=O) groups is 1. The minimum atomic E-state index is -0.247. The van der Waals surface area contributed by atoms with Gasteiger partial charge in [-0.3, -0.25) is 4.79 Å². The van der Waals surface area contributed by atoms with Gasteiger partial charge in [0.2, 0.25) is 5.91 Å². The van der Waals surface area contributed by atoms with Crippen molar-refractivity contribution in [3.63, 3.8) is 0 Å². The molecule has 0 aliphatic carbocycles. The first-order chi connectivity index (χ1) is 9.20. The maximum absolute atomic E-state index is 14.2. The number of amides is 1. The lowest BCUT2D eigenvalue weighted by molar-refractivity contribution is -0.123. The fourth-order valence-electron chi connectivity index (χ4n) is 3.16. The number of benzene rings is 1. The van der Waals surface area contributed by atoms with Crippen LogP contribution in [0.1, 0.15) is 18.4 Å². The van der Waals surface area contributed by atoms with Gasteiger partial charge < -0.3 is 16.0 Å². The van der Waals surface area contributed by atoms with Gasteiger partial charge in [-0.2, -0.15) is 0 Å². The van der Waals surface area contributed by atoms with Gasteiger partial charge in [0.25, 0.3) is 0 Å². The molecule has 0 spiro atoms. The molecule has 19 heavy (non-hydrogen) atoms. The van der Waals surface area contributed by atoms with E-state index in [-0.39, 0.29) is 23.7 Å². The van der Waals surface area contributed by atoms with Gasteiger partial charge in [0, 0.05) is 19.6 Å². The maximum atomic E-state index is 14.2. The number of piperidine rings is 1. The van der Waals surface area contributed by atoms with E-state index in [9.17, 15) is 9.18 Å². The van der Waals surface area contributed by atoms with Gasteiger partial charge in [0.1, 0.15) is 5.82 Å². The first-order valence-electron chi connectivity index (χ1n) is 6.73. The number of nitrogens with zero attached hydrogens (tertiary/aromatic N) is 1. The second-order valence-corrected chi connectivity index (χ2v) is 5.24. The first-order valence-corrected chi connectivity index (χ1v) is 6.73. The number of nitrogens with one attached hydrogen (secondary N) is 1. The molecule has 0 bridgehead atoms. The summed E-state index contributed by atoms with van der Waals surface area (Å²) in [5.41, 5.74) is 6.89. The normalized spacial score (nSPS) is 26.2. The van der Waals surface area contributed by atoms with E-state index < -0.39 is 0 Å². The molecular weight excluding hydrogens is 245 g/mol. The van der Waals surface area contributed by atoms with Crippen LogP contribution in [0.15, 0.2) is 18.2 Å². The van der Waals surface area contributed by atoms with E-state index in [1.54, 1.807) is 6.07 Å². The highest BCUT2D eigenvalue weighted by Gasteiger charge is 2.41. The Balaban J connectivity index is 1.91. The van der Waals surface area contributed by atoms with Crippen LogP contribution in [0.5, 0.6) is 0 Å². The molecule has 1 aromatic carbocycles. The highest BCUT2D eigenvalue weighted by molar-refractivity contribution is 5.83. The Labute approximate surface area is 111 Å². The zero-order chi connectivity index (χ0) is 13.4. The molecule has 2 aliphatic heterocycles. The van der Waals surface area contributed by atoms with Gasteiger partial charge in [0.05, 0.1) is 17.6 Å². The molecule has 0 saturated carbocycles. The van der Waals surface area contributed by atoms with Crippen molar-refractivity contribution < 1.29 is 9.18 Å². The summed E-state index contributed by atoms with van der Waals surface area (Å²) in [5, 5.41) is 2.88. The second-order valence-electron chi connectivity index (χ2n) is 5.24. The van der Waals surface area contributed by atoms with Crippen molar-refractivity contribution >= 4 is 11.6 Å². The van der Waals surface area contributed by atoms with E-state index in [1.807, 2.05) is 11.0 Å². The van der Waals surface area contributed by atoms with Gasteiger partial charge in [0.15, 0.2) is 0 Å². The van der Waals surface area contributed by atoms with Crippen LogP contribution in [0.3, 0.4) is 0 Å². The molecule has 102 valence electrons. The second kappa shape index (κ2) is 4.81.